The Labute approximate surface area is 226 Å². The molecule has 0 aliphatic heterocycles. The minimum absolute atomic E-state index is 0.0922. The summed E-state index contributed by atoms with van der Waals surface area (Å²) in [5, 5.41) is 15.5. The molecular weight excluding hydrogens is 504 g/mol. The number of pyridine rings is 1. The minimum atomic E-state index is -0.935. The summed E-state index contributed by atoms with van der Waals surface area (Å²) in [6.45, 7) is -0.0922. The summed E-state index contributed by atoms with van der Waals surface area (Å²) in [7, 11) is 4.40. The number of aliphatic carboxylic acids is 1. The second-order valence-corrected chi connectivity index (χ2v) is 9.53. The topological polar surface area (TPSA) is 140 Å². The van der Waals surface area contributed by atoms with E-state index in [1.54, 1.807) is 42.0 Å². The van der Waals surface area contributed by atoms with Gasteiger partial charge in [-0.15, -0.1) is 0 Å². The Morgan fingerprint density at radius 3 is 2.46 bits per heavy atom. The van der Waals surface area contributed by atoms with Crippen molar-refractivity contribution in [3.63, 3.8) is 0 Å². The number of nitrogens with one attached hydrogen (secondary N) is 2. The number of aromatic nitrogens is 2. The molecule has 1 amide bonds. The van der Waals surface area contributed by atoms with Gasteiger partial charge in [-0.25, -0.2) is 4.98 Å². The molecule has 0 radical (unpaired) electrons. The molecule has 0 spiro atoms. The lowest BCUT2D eigenvalue weighted by molar-refractivity contribution is -0.139. The van der Waals surface area contributed by atoms with E-state index in [4.69, 9.17) is 19.2 Å². The number of imidazole rings is 1. The Morgan fingerprint density at radius 2 is 1.79 bits per heavy atom. The van der Waals surface area contributed by atoms with E-state index in [1.807, 2.05) is 6.07 Å². The van der Waals surface area contributed by atoms with Crippen molar-refractivity contribution in [2.45, 2.75) is 44.6 Å². The van der Waals surface area contributed by atoms with Gasteiger partial charge in [0.05, 0.1) is 27.8 Å². The van der Waals surface area contributed by atoms with E-state index in [0.29, 0.717) is 39.8 Å². The molecule has 11 heteroatoms. The molecular formula is C28H34N4O7. The average Bonchev–Trinajstić information content (AvgIpc) is 3.32. The van der Waals surface area contributed by atoms with Crippen LogP contribution < -0.4 is 20.1 Å². The molecule has 208 valence electrons. The Balaban J connectivity index is 1.68. The van der Waals surface area contributed by atoms with Crippen LogP contribution in [0.15, 0.2) is 36.5 Å². The van der Waals surface area contributed by atoms with E-state index in [-0.39, 0.29) is 24.8 Å². The first-order valence-corrected chi connectivity index (χ1v) is 12.9. The van der Waals surface area contributed by atoms with Crippen molar-refractivity contribution in [1.29, 1.82) is 0 Å². The van der Waals surface area contributed by atoms with Crippen LogP contribution in [0.25, 0.3) is 16.9 Å². The van der Waals surface area contributed by atoms with Crippen LogP contribution in [0.1, 0.15) is 48.9 Å². The highest BCUT2D eigenvalue weighted by Gasteiger charge is 2.28. The van der Waals surface area contributed by atoms with Crippen molar-refractivity contribution in [1.82, 2.24) is 14.7 Å². The van der Waals surface area contributed by atoms with E-state index in [0.717, 1.165) is 32.1 Å². The van der Waals surface area contributed by atoms with E-state index in [2.05, 4.69) is 10.6 Å². The van der Waals surface area contributed by atoms with Gasteiger partial charge in [-0.3, -0.25) is 18.8 Å². The van der Waals surface area contributed by atoms with Gasteiger partial charge >= 0.3 is 11.9 Å². The number of carboxylic acids is 1. The van der Waals surface area contributed by atoms with Gasteiger partial charge < -0.3 is 30.0 Å². The van der Waals surface area contributed by atoms with Crippen molar-refractivity contribution < 1.29 is 33.7 Å². The van der Waals surface area contributed by atoms with Gasteiger partial charge in [0.25, 0.3) is 5.91 Å². The van der Waals surface area contributed by atoms with E-state index >= 15 is 0 Å². The lowest BCUT2D eigenvalue weighted by Gasteiger charge is -2.30. The smallest absolute Gasteiger partial charge is 0.325 e. The number of carbonyl (C=O) groups is 3. The number of carboxylic acid groups (broad SMARTS) is 1. The van der Waals surface area contributed by atoms with Crippen LogP contribution in [0.2, 0.25) is 0 Å². The predicted molar refractivity (Wildman–Crippen MR) is 144 cm³/mol. The average molecular weight is 539 g/mol. The van der Waals surface area contributed by atoms with Crippen LogP contribution in [0.5, 0.6) is 11.5 Å². The first-order chi connectivity index (χ1) is 18.8. The molecule has 0 bridgehead atoms. The Bertz CT molecular complexity index is 1350. The summed E-state index contributed by atoms with van der Waals surface area (Å²) in [6, 6.07) is 8.20. The lowest BCUT2D eigenvalue weighted by atomic mass is 9.82. The first kappa shape index (κ1) is 27.7. The fourth-order valence-electron chi connectivity index (χ4n) is 5.08. The number of carbonyl (C=O) groups excluding carboxylic acids is 2. The zero-order valence-electron chi connectivity index (χ0n) is 22.4. The zero-order valence-corrected chi connectivity index (χ0v) is 22.4. The molecule has 3 N–H and O–H groups in total. The number of fused-ring (bicyclic) bond motifs is 1. The van der Waals surface area contributed by atoms with Gasteiger partial charge in [0.15, 0.2) is 11.5 Å². The van der Waals surface area contributed by atoms with Gasteiger partial charge in [-0.05, 0) is 49.1 Å². The fraction of sp³-hybridized carbons (Fsp3) is 0.429. The molecule has 2 aromatic heterocycles. The number of hydrogen-bond acceptors (Lipinski definition) is 8. The number of rotatable bonds is 11. The lowest BCUT2D eigenvalue weighted by Crippen LogP contribution is -2.42. The van der Waals surface area contributed by atoms with Gasteiger partial charge in [-0.2, -0.15) is 0 Å². The maximum Gasteiger partial charge on any atom is 0.325 e. The van der Waals surface area contributed by atoms with Crippen molar-refractivity contribution in [2.75, 3.05) is 33.2 Å². The molecule has 39 heavy (non-hydrogen) atoms. The fourth-order valence-corrected chi connectivity index (χ4v) is 5.08. The van der Waals surface area contributed by atoms with E-state index in [1.165, 1.54) is 14.2 Å². The third-order valence-electron chi connectivity index (χ3n) is 7.10. The molecule has 1 atom stereocenters. The highest BCUT2D eigenvalue weighted by Crippen LogP contribution is 2.36. The molecule has 1 aliphatic carbocycles. The zero-order chi connectivity index (χ0) is 27.9. The second-order valence-electron chi connectivity index (χ2n) is 9.53. The maximum absolute atomic E-state index is 13.2. The standard InChI is InChI=1S/C28H34N4O7/c1-37-21-10-9-18(13-22(21)38-2)26-27(29-16-25(35)39-3)32-12-11-19(14-23(32)31-26)28(36)30-20(15-24(33)34)17-7-5-4-6-8-17/h9-14,17,20,29H,4-8,15-16H2,1-3H3,(H,30,36)(H,33,34). The summed E-state index contributed by atoms with van der Waals surface area (Å²) < 4.78 is 17.3. The van der Waals surface area contributed by atoms with Gasteiger partial charge in [0, 0.05) is 23.4 Å². The molecule has 0 saturated heterocycles. The first-order valence-electron chi connectivity index (χ1n) is 12.9. The number of nitrogens with zero attached hydrogens (tertiary/aromatic N) is 2. The van der Waals surface area contributed by atoms with Crippen LogP contribution in [0, 0.1) is 5.92 Å². The van der Waals surface area contributed by atoms with Gasteiger partial charge in [0.1, 0.15) is 23.7 Å². The van der Waals surface area contributed by atoms with Crippen LogP contribution in [-0.4, -0.2) is 66.3 Å². The maximum atomic E-state index is 13.2. The van der Waals surface area contributed by atoms with Crippen LogP contribution in [0.4, 0.5) is 5.82 Å². The summed E-state index contributed by atoms with van der Waals surface area (Å²) in [6.07, 6.45) is 6.59. The van der Waals surface area contributed by atoms with Crippen molar-refractivity contribution in [2.24, 2.45) is 5.92 Å². The summed E-state index contributed by atoms with van der Waals surface area (Å²) in [4.78, 5) is 41.4. The number of hydrogen-bond donors (Lipinski definition) is 3. The van der Waals surface area contributed by atoms with Crippen molar-refractivity contribution in [3.8, 4) is 22.8 Å². The van der Waals surface area contributed by atoms with Crippen LogP contribution >= 0.6 is 0 Å². The number of anilines is 1. The molecule has 11 nitrogen and oxygen atoms in total. The third-order valence-corrected chi connectivity index (χ3v) is 7.10. The molecule has 4 rings (SSSR count). The monoisotopic (exact) mass is 538 g/mol. The number of esters is 1. The molecule has 1 aromatic carbocycles. The molecule has 1 aliphatic rings. The van der Waals surface area contributed by atoms with Crippen molar-refractivity contribution in [3.05, 3.63) is 42.1 Å². The number of benzene rings is 1. The number of amides is 1. The van der Waals surface area contributed by atoms with Gasteiger partial charge in [0.2, 0.25) is 0 Å². The van der Waals surface area contributed by atoms with Crippen LogP contribution in [-0.2, 0) is 14.3 Å². The summed E-state index contributed by atoms with van der Waals surface area (Å²) >= 11 is 0. The largest absolute Gasteiger partial charge is 0.493 e. The molecule has 1 saturated carbocycles. The van der Waals surface area contributed by atoms with Crippen molar-refractivity contribution >= 4 is 29.3 Å². The highest BCUT2D eigenvalue weighted by molar-refractivity contribution is 5.96. The van der Waals surface area contributed by atoms with E-state index in [9.17, 15) is 19.5 Å². The molecule has 1 unspecified atom stereocenters. The molecule has 1 fully saturated rings. The van der Waals surface area contributed by atoms with E-state index < -0.39 is 18.0 Å². The van der Waals surface area contributed by atoms with Gasteiger partial charge in [-0.1, -0.05) is 19.3 Å². The Morgan fingerprint density at radius 1 is 1.05 bits per heavy atom. The summed E-state index contributed by atoms with van der Waals surface area (Å²) in [5.41, 5.74) is 2.06. The minimum Gasteiger partial charge on any atom is -0.493 e. The quantitative estimate of drug-likeness (QED) is 0.311. The second kappa shape index (κ2) is 12.5. The SMILES string of the molecule is COC(=O)CNc1c(-c2ccc(OC)c(OC)c2)nc2cc(C(=O)NC(CC(=O)O)C3CCCCC3)ccn12. The predicted octanol–water partition coefficient (Wildman–Crippen LogP) is 3.76. The number of ether oxygens (including phenoxy) is 3. The third kappa shape index (κ3) is 6.42. The molecule has 2 heterocycles. The Hall–Kier alpha value is -4.28. The summed E-state index contributed by atoms with van der Waals surface area (Å²) in [5.74, 6) is -0.00339. The number of methoxy groups -OCH3 is 3. The highest BCUT2D eigenvalue weighted by atomic mass is 16.5. The normalized spacial score (nSPS) is 14.4. The molecule has 3 aromatic rings. The Kier molecular flexibility index (Phi) is 8.90. The van der Waals surface area contributed by atoms with Crippen LogP contribution in [0.3, 0.4) is 0 Å².